The zero-order valence-electron chi connectivity index (χ0n) is 10.3. The lowest BCUT2D eigenvalue weighted by atomic mass is 10.1. The Balaban J connectivity index is 1.81. The molecule has 0 aliphatic carbocycles. The zero-order valence-corrected chi connectivity index (χ0v) is 10.3. The number of rotatable bonds is 3. The van der Waals surface area contributed by atoms with Crippen LogP contribution in [0.5, 0.6) is 0 Å². The highest BCUT2D eigenvalue weighted by Gasteiger charge is 1.99. The van der Waals surface area contributed by atoms with Crippen LogP contribution in [-0.2, 0) is 13.6 Å². The third-order valence-corrected chi connectivity index (χ3v) is 3.12. The molecular formula is C15H15N3. The first-order valence-corrected chi connectivity index (χ1v) is 6.02. The molecule has 1 N–H and O–H groups in total. The van der Waals surface area contributed by atoms with Gasteiger partial charge in [-0.25, -0.2) is 4.98 Å². The Bertz CT molecular complexity index is 670. The van der Waals surface area contributed by atoms with Crippen molar-refractivity contribution in [2.75, 3.05) is 5.32 Å². The fourth-order valence-corrected chi connectivity index (χ4v) is 2.05. The minimum atomic E-state index is 0.738. The fraction of sp³-hybridized carbons (Fsp3) is 0.133. The number of benzene rings is 2. The number of anilines is 1. The minimum Gasteiger partial charge on any atom is -0.378 e. The number of fused-ring (bicyclic) bond motifs is 1. The largest absolute Gasteiger partial charge is 0.378 e. The molecule has 18 heavy (non-hydrogen) atoms. The van der Waals surface area contributed by atoms with Crippen LogP contribution in [-0.4, -0.2) is 9.55 Å². The van der Waals surface area contributed by atoms with Gasteiger partial charge in [-0.05, 0) is 22.9 Å². The summed E-state index contributed by atoms with van der Waals surface area (Å²) in [6.07, 6.45) is 3.77. The Hall–Kier alpha value is -2.29. The summed E-state index contributed by atoms with van der Waals surface area (Å²) in [5, 5.41) is 5.91. The molecule has 1 heterocycles. The number of hydrogen-bond acceptors (Lipinski definition) is 2. The number of nitrogens with one attached hydrogen (secondary N) is 1. The summed E-state index contributed by atoms with van der Waals surface area (Å²) >= 11 is 0. The third kappa shape index (κ3) is 2.07. The van der Waals surface area contributed by atoms with Crippen molar-refractivity contribution in [3.05, 3.63) is 60.7 Å². The first kappa shape index (κ1) is 10.8. The average molecular weight is 237 g/mol. The Morgan fingerprint density at radius 2 is 1.94 bits per heavy atom. The Morgan fingerprint density at radius 3 is 2.72 bits per heavy atom. The summed E-state index contributed by atoms with van der Waals surface area (Å²) in [5.74, 6) is 1.03. The van der Waals surface area contributed by atoms with Crippen molar-refractivity contribution >= 4 is 16.5 Å². The number of aryl methyl sites for hydroxylation is 1. The zero-order chi connectivity index (χ0) is 12.4. The van der Waals surface area contributed by atoms with Gasteiger partial charge >= 0.3 is 0 Å². The highest BCUT2D eigenvalue weighted by atomic mass is 15.1. The van der Waals surface area contributed by atoms with E-state index >= 15 is 0 Å². The molecule has 0 bridgehead atoms. The van der Waals surface area contributed by atoms with Gasteiger partial charge < -0.3 is 9.88 Å². The van der Waals surface area contributed by atoms with Crippen LogP contribution in [0.1, 0.15) is 5.82 Å². The summed E-state index contributed by atoms with van der Waals surface area (Å²) in [7, 11) is 2.00. The Morgan fingerprint density at radius 1 is 1.11 bits per heavy atom. The standard InChI is InChI=1S/C15H15N3/c1-18-9-8-16-15(18)11-17-14-7-6-12-4-2-3-5-13(12)10-14/h2-10,17H,11H2,1H3. The van der Waals surface area contributed by atoms with Crippen molar-refractivity contribution in [3.8, 4) is 0 Å². The van der Waals surface area contributed by atoms with Crippen LogP contribution >= 0.6 is 0 Å². The topological polar surface area (TPSA) is 29.9 Å². The average Bonchev–Trinajstić information content (AvgIpc) is 2.82. The van der Waals surface area contributed by atoms with Gasteiger partial charge in [0.15, 0.2) is 0 Å². The molecule has 3 aromatic rings. The van der Waals surface area contributed by atoms with Crippen LogP contribution in [0, 0.1) is 0 Å². The molecule has 90 valence electrons. The van der Waals surface area contributed by atoms with E-state index in [1.54, 1.807) is 0 Å². The van der Waals surface area contributed by atoms with Crippen LogP contribution in [0.15, 0.2) is 54.9 Å². The first-order valence-electron chi connectivity index (χ1n) is 6.02. The molecule has 0 atom stereocenters. The number of aromatic nitrogens is 2. The first-order chi connectivity index (χ1) is 8.83. The molecule has 0 saturated heterocycles. The van der Waals surface area contributed by atoms with Crippen molar-refractivity contribution in [1.29, 1.82) is 0 Å². The van der Waals surface area contributed by atoms with Crippen LogP contribution in [0.3, 0.4) is 0 Å². The molecule has 2 aromatic carbocycles. The molecule has 0 radical (unpaired) electrons. The maximum absolute atomic E-state index is 4.29. The van der Waals surface area contributed by atoms with Crippen molar-refractivity contribution in [3.63, 3.8) is 0 Å². The molecule has 0 aliphatic rings. The van der Waals surface area contributed by atoms with Crippen molar-refractivity contribution in [2.24, 2.45) is 7.05 Å². The second kappa shape index (κ2) is 4.53. The minimum absolute atomic E-state index is 0.738. The van der Waals surface area contributed by atoms with Crippen LogP contribution < -0.4 is 5.32 Å². The van der Waals surface area contributed by atoms with E-state index in [1.807, 2.05) is 24.0 Å². The van der Waals surface area contributed by atoms with Gasteiger partial charge in [-0.2, -0.15) is 0 Å². The van der Waals surface area contributed by atoms with E-state index in [-0.39, 0.29) is 0 Å². The molecule has 3 nitrogen and oxygen atoms in total. The molecule has 3 rings (SSSR count). The SMILES string of the molecule is Cn1ccnc1CNc1ccc2ccccc2c1. The van der Waals surface area contributed by atoms with Crippen LogP contribution in [0.2, 0.25) is 0 Å². The van der Waals surface area contributed by atoms with Gasteiger partial charge in [-0.3, -0.25) is 0 Å². The predicted octanol–water partition coefficient (Wildman–Crippen LogP) is 3.19. The number of hydrogen-bond donors (Lipinski definition) is 1. The van der Waals surface area contributed by atoms with E-state index in [0.717, 1.165) is 18.1 Å². The number of imidazole rings is 1. The highest BCUT2D eigenvalue weighted by molar-refractivity contribution is 5.85. The fourth-order valence-electron chi connectivity index (χ4n) is 2.05. The maximum Gasteiger partial charge on any atom is 0.127 e. The molecule has 0 saturated carbocycles. The molecule has 3 heteroatoms. The van der Waals surface area contributed by atoms with Gasteiger partial charge in [0.25, 0.3) is 0 Å². The normalized spacial score (nSPS) is 10.7. The quantitative estimate of drug-likeness (QED) is 0.758. The second-order valence-electron chi connectivity index (χ2n) is 4.37. The van der Waals surface area contributed by atoms with E-state index in [0.29, 0.717) is 0 Å². The maximum atomic E-state index is 4.29. The molecule has 0 aliphatic heterocycles. The van der Waals surface area contributed by atoms with Gasteiger partial charge in [-0.15, -0.1) is 0 Å². The third-order valence-electron chi connectivity index (χ3n) is 3.12. The van der Waals surface area contributed by atoms with Gasteiger partial charge in [0, 0.05) is 25.1 Å². The van der Waals surface area contributed by atoms with E-state index in [2.05, 4.69) is 52.8 Å². The van der Waals surface area contributed by atoms with E-state index < -0.39 is 0 Å². The second-order valence-corrected chi connectivity index (χ2v) is 4.37. The molecule has 0 unspecified atom stereocenters. The smallest absolute Gasteiger partial charge is 0.127 e. The van der Waals surface area contributed by atoms with Crippen LogP contribution in [0.4, 0.5) is 5.69 Å². The summed E-state index contributed by atoms with van der Waals surface area (Å²) in [6.45, 7) is 0.738. The van der Waals surface area contributed by atoms with E-state index in [1.165, 1.54) is 10.8 Å². The summed E-state index contributed by atoms with van der Waals surface area (Å²) in [6, 6.07) is 14.8. The van der Waals surface area contributed by atoms with Crippen LogP contribution in [0.25, 0.3) is 10.8 Å². The summed E-state index contributed by atoms with van der Waals surface area (Å²) < 4.78 is 2.02. The summed E-state index contributed by atoms with van der Waals surface area (Å²) in [4.78, 5) is 4.29. The molecule has 1 aromatic heterocycles. The lowest BCUT2D eigenvalue weighted by molar-refractivity contribution is 0.813. The predicted molar refractivity (Wildman–Crippen MR) is 74.5 cm³/mol. The van der Waals surface area contributed by atoms with Gasteiger partial charge in [-0.1, -0.05) is 30.3 Å². The van der Waals surface area contributed by atoms with Gasteiger partial charge in [0.05, 0.1) is 6.54 Å². The Kier molecular flexibility index (Phi) is 2.73. The molecule has 0 amide bonds. The molecule has 0 spiro atoms. The van der Waals surface area contributed by atoms with Crippen molar-refractivity contribution < 1.29 is 0 Å². The molecule has 0 fully saturated rings. The monoisotopic (exact) mass is 237 g/mol. The van der Waals surface area contributed by atoms with Gasteiger partial charge in [0.1, 0.15) is 5.82 Å². The molecular weight excluding hydrogens is 222 g/mol. The number of nitrogens with zero attached hydrogens (tertiary/aromatic N) is 2. The van der Waals surface area contributed by atoms with E-state index in [9.17, 15) is 0 Å². The highest BCUT2D eigenvalue weighted by Crippen LogP contribution is 2.19. The van der Waals surface area contributed by atoms with Crippen molar-refractivity contribution in [1.82, 2.24) is 9.55 Å². The lowest BCUT2D eigenvalue weighted by Gasteiger charge is -2.07. The lowest BCUT2D eigenvalue weighted by Crippen LogP contribution is -2.05. The van der Waals surface area contributed by atoms with Gasteiger partial charge in [0.2, 0.25) is 0 Å². The Labute approximate surface area is 106 Å². The van der Waals surface area contributed by atoms with E-state index in [4.69, 9.17) is 0 Å². The van der Waals surface area contributed by atoms with Crippen molar-refractivity contribution in [2.45, 2.75) is 6.54 Å². The summed E-state index contributed by atoms with van der Waals surface area (Å²) in [5.41, 5.74) is 1.12.